The number of alkyl halides is 3. The van der Waals surface area contributed by atoms with Gasteiger partial charge in [0, 0.05) is 28.3 Å². The van der Waals surface area contributed by atoms with Crippen molar-refractivity contribution in [1.82, 2.24) is 5.32 Å². The summed E-state index contributed by atoms with van der Waals surface area (Å²) in [5, 5.41) is 11.8. The monoisotopic (exact) mass is 323 g/mol. The summed E-state index contributed by atoms with van der Waals surface area (Å²) in [6, 6.07) is 3.63. The molecule has 0 radical (unpaired) electrons. The highest BCUT2D eigenvalue weighted by Crippen LogP contribution is 2.26. The predicted octanol–water partition coefficient (Wildman–Crippen LogP) is 1.43. The number of carboxylic acids is 1. The van der Waals surface area contributed by atoms with Gasteiger partial charge in [-0.1, -0.05) is 12.1 Å². The molecule has 1 aliphatic rings. The lowest BCUT2D eigenvalue weighted by molar-refractivity contribution is -0.274. The van der Waals surface area contributed by atoms with E-state index in [-0.39, 0.29) is 17.3 Å². The Balaban J connectivity index is 2.11. The van der Waals surface area contributed by atoms with Gasteiger partial charge in [-0.2, -0.15) is 0 Å². The molecule has 1 saturated heterocycles. The molecule has 9 heteroatoms. The number of hydrogen-bond acceptors (Lipinski definition) is 4. The summed E-state index contributed by atoms with van der Waals surface area (Å²) in [7, 11) is -1.30. The van der Waals surface area contributed by atoms with Crippen molar-refractivity contribution >= 4 is 16.8 Å². The minimum absolute atomic E-state index is 0.0150. The molecule has 3 atom stereocenters. The van der Waals surface area contributed by atoms with Crippen LogP contribution < -0.4 is 10.1 Å². The molecular weight excluding hydrogens is 311 g/mol. The third kappa shape index (κ3) is 4.43. The molecule has 2 rings (SSSR count). The Kier molecular flexibility index (Phi) is 4.52. The van der Waals surface area contributed by atoms with E-state index in [1.807, 2.05) is 0 Å². The van der Waals surface area contributed by atoms with Crippen LogP contribution in [0.25, 0.3) is 0 Å². The van der Waals surface area contributed by atoms with E-state index in [0.717, 1.165) is 12.1 Å². The number of carboxylic acid groups (broad SMARTS) is 1. The average Bonchev–Trinajstić information content (AvgIpc) is 2.37. The third-order valence-corrected chi connectivity index (χ3v) is 4.33. The number of carbonyl (C=O) groups is 1. The minimum atomic E-state index is -4.76. The second-order valence-corrected chi connectivity index (χ2v) is 6.05. The van der Waals surface area contributed by atoms with Crippen LogP contribution in [-0.4, -0.2) is 39.2 Å². The summed E-state index contributed by atoms with van der Waals surface area (Å²) in [4.78, 5) is 10.9. The van der Waals surface area contributed by atoms with Crippen molar-refractivity contribution in [3.8, 4) is 5.75 Å². The van der Waals surface area contributed by atoms with Crippen molar-refractivity contribution in [3.63, 3.8) is 0 Å². The molecule has 21 heavy (non-hydrogen) atoms. The van der Waals surface area contributed by atoms with E-state index in [1.54, 1.807) is 0 Å². The van der Waals surface area contributed by atoms with E-state index in [1.165, 1.54) is 12.1 Å². The first-order valence-electron chi connectivity index (χ1n) is 5.94. The van der Waals surface area contributed by atoms with Crippen molar-refractivity contribution in [2.45, 2.75) is 18.4 Å². The van der Waals surface area contributed by atoms with Crippen LogP contribution in [0.3, 0.4) is 0 Å². The Bertz CT molecular complexity index is 546. The highest BCUT2D eigenvalue weighted by molar-refractivity contribution is 7.85. The van der Waals surface area contributed by atoms with Gasteiger partial charge >= 0.3 is 12.3 Å². The number of rotatable bonds is 3. The molecule has 0 aromatic heterocycles. The van der Waals surface area contributed by atoms with Crippen LogP contribution in [0.4, 0.5) is 13.2 Å². The number of aliphatic carboxylic acids is 1. The highest BCUT2D eigenvalue weighted by Gasteiger charge is 2.32. The first kappa shape index (κ1) is 15.8. The molecule has 3 unspecified atom stereocenters. The largest absolute Gasteiger partial charge is 0.573 e. The van der Waals surface area contributed by atoms with E-state index in [9.17, 15) is 22.2 Å². The van der Waals surface area contributed by atoms with Crippen molar-refractivity contribution in [2.75, 3.05) is 11.5 Å². The second-order valence-electron chi connectivity index (χ2n) is 4.50. The number of hydrogen-bond donors (Lipinski definition) is 2. The van der Waals surface area contributed by atoms with Crippen molar-refractivity contribution in [2.24, 2.45) is 0 Å². The van der Waals surface area contributed by atoms with Crippen LogP contribution in [0.15, 0.2) is 24.3 Å². The fraction of sp³-hybridized carbons (Fsp3) is 0.417. The summed E-state index contributed by atoms with van der Waals surface area (Å²) >= 11 is 0. The van der Waals surface area contributed by atoms with E-state index in [0.29, 0.717) is 5.56 Å². The number of nitrogens with one attached hydrogen (secondary N) is 1. The molecular formula is C12H12F3NO4S. The van der Waals surface area contributed by atoms with Crippen LogP contribution >= 0.6 is 0 Å². The lowest BCUT2D eigenvalue weighted by Crippen LogP contribution is -2.49. The van der Waals surface area contributed by atoms with Gasteiger partial charge in [-0.15, -0.1) is 13.2 Å². The summed E-state index contributed by atoms with van der Waals surface area (Å²) in [6.07, 6.45) is -4.76. The van der Waals surface area contributed by atoms with Crippen LogP contribution in [0.5, 0.6) is 5.75 Å². The van der Waals surface area contributed by atoms with Crippen molar-refractivity contribution in [3.05, 3.63) is 29.8 Å². The summed E-state index contributed by atoms with van der Waals surface area (Å²) in [6.45, 7) is 0. The fourth-order valence-electron chi connectivity index (χ4n) is 2.02. The Labute approximate surface area is 120 Å². The highest BCUT2D eigenvalue weighted by atomic mass is 32.2. The normalized spacial score (nSPS) is 26.3. The molecule has 1 fully saturated rings. The van der Waals surface area contributed by atoms with Gasteiger partial charge < -0.3 is 9.84 Å². The molecule has 1 heterocycles. The van der Waals surface area contributed by atoms with E-state index < -0.39 is 35.2 Å². The third-order valence-electron chi connectivity index (χ3n) is 2.92. The van der Waals surface area contributed by atoms with Gasteiger partial charge in [-0.3, -0.25) is 14.3 Å². The van der Waals surface area contributed by atoms with Crippen LogP contribution in [0.1, 0.15) is 11.6 Å². The zero-order valence-corrected chi connectivity index (χ0v) is 11.4. The molecule has 1 aromatic rings. The quantitative estimate of drug-likeness (QED) is 0.880. The number of benzene rings is 1. The molecule has 116 valence electrons. The standard InChI is InChI=1S/C12H12F3NO4S/c13-12(14,15)20-8-3-1-7(2-4-8)9-5-21(19)6-10(16-9)11(17)18/h1-4,9-10,16H,5-6H2,(H,17,18). The molecule has 1 aliphatic heterocycles. The molecule has 0 spiro atoms. The molecule has 0 saturated carbocycles. The fourth-order valence-corrected chi connectivity index (χ4v) is 3.42. The Morgan fingerprint density at radius 3 is 2.43 bits per heavy atom. The van der Waals surface area contributed by atoms with Gasteiger partial charge in [-0.25, -0.2) is 0 Å². The van der Waals surface area contributed by atoms with Crippen LogP contribution in [-0.2, 0) is 15.6 Å². The zero-order chi connectivity index (χ0) is 15.6. The van der Waals surface area contributed by atoms with Gasteiger partial charge in [0.05, 0.1) is 0 Å². The SMILES string of the molecule is O=C(O)C1CS(=O)CC(c2ccc(OC(F)(F)F)cc2)N1. The topological polar surface area (TPSA) is 75.6 Å². The maximum atomic E-state index is 12.0. The average molecular weight is 323 g/mol. The first-order chi connectivity index (χ1) is 9.74. The van der Waals surface area contributed by atoms with Crippen molar-refractivity contribution < 1.29 is 32.0 Å². The van der Waals surface area contributed by atoms with Crippen LogP contribution in [0.2, 0.25) is 0 Å². The Hall–Kier alpha value is -1.61. The number of ether oxygens (including phenoxy) is 1. The molecule has 0 amide bonds. The molecule has 0 aliphatic carbocycles. The maximum Gasteiger partial charge on any atom is 0.573 e. The second kappa shape index (κ2) is 6.02. The van der Waals surface area contributed by atoms with Gasteiger partial charge in [0.25, 0.3) is 0 Å². The summed E-state index contributed by atoms with van der Waals surface area (Å²) < 4.78 is 51.5. The predicted molar refractivity (Wildman–Crippen MR) is 68.3 cm³/mol. The van der Waals surface area contributed by atoms with E-state index in [4.69, 9.17) is 5.11 Å². The molecule has 2 N–H and O–H groups in total. The molecule has 0 bridgehead atoms. The van der Waals surface area contributed by atoms with Gasteiger partial charge in [-0.05, 0) is 17.7 Å². The smallest absolute Gasteiger partial charge is 0.480 e. The lowest BCUT2D eigenvalue weighted by Gasteiger charge is -2.28. The minimum Gasteiger partial charge on any atom is -0.480 e. The summed E-state index contributed by atoms with van der Waals surface area (Å²) in [5.41, 5.74) is 0.559. The van der Waals surface area contributed by atoms with Gasteiger partial charge in [0.2, 0.25) is 0 Å². The number of halogens is 3. The Morgan fingerprint density at radius 2 is 1.90 bits per heavy atom. The Morgan fingerprint density at radius 1 is 1.29 bits per heavy atom. The van der Waals surface area contributed by atoms with E-state index in [2.05, 4.69) is 10.1 Å². The van der Waals surface area contributed by atoms with Crippen LogP contribution in [0, 0.1) is 0 Å². The maximum absolute atomic E-state index is 12.0. The van der Waals surface area contributed by atoms with Gasteiger partial charge in [0.1, 0.15) is 11.8 Å². The van der Waals surface area contributed by atoms with E-state index >= 15 is 0 Å². The lowest BCUT2D eigenvalue weighted by atomic mass is 10.1. The molecule has 1 aromatic carbocycles. The van der Waals surface area contributed by atoms with Crippen molar-refractivity contribution in [1.29, 1.82) is 0 Å². The van der Waals surface area contributed by atoms with Gasteiger partial charge in [0.15, 0.2) is 0 Å². The molecule has 5 nitrogen and oxygen atoms in total. The summed E-state index contributed by atoms with van der Waals surface area (Å²) in [5.74, 6) is -1.24. The zero-order valence-electron chi connectivity index (χ0n) is 10.6. The first-order valence-corrected chi connectivity index (χ1v) is 7.43.